The maximum Gasteiger partial charge on any atom is 0.252 e. The number of aromatic amines is 1. The Morgan fingerprint density at radius 2 is 2.00 bits per heavy atom. The van der Waals surface area contributed by atoms with E-state index in [1.165, 1.54) is 18.2 Å². The Labute approximate surface area is 126 Å². The Bertz CT molecular complexity index is 670. The minimum atomic E-state index is -0.469. The van der Waals surface area contributed by atoms with Crippen molar-refractivity contribution in [2.45, 2.75) is 12.6 Å². The monoisotopic (exact) mass is 306 g/mol. The molecule has 0 fully saturated rings. The van der Waals surface area contributed by atoms with Crippen molar-refractivity contribution in [3.63, 3.8) is 0 Å². The fourth-order valence-corrected chi connectivity index (χ4v) is 1.81. The number of rotatable bonds is 7. The van der Waals surface area contributed by atoms with Crippen LogP contribution in [0.1, 0.15) is 5.69 Å². The van der Waals surface area contributed by atoms with Crippen LogP contribution >= 0.6 is 0 Å². The van der Waals surface area contributed by atoms with Crippen LogP contribution in [0.15, 0.2) is 35.1 Å². The molecule has 0 spiro atoms. The van der Waals surface area contributed by atoms with E-state index in [0.717, 1.165) is 0 Å². The fourth-order valence-electron chi connectivity index (χ4n) is 1.81. The number of anilines is 2. The van der Waals surface area contributed by atoms with Crippen LogP contribution in [-0.2, 0) is 6.54 Å². The van der Waals surface area contributed by atoms with Crippen LogP contribution in [0.5, 0.6) is 5.75 Å². The van der Waals surface area contributed by atoms with Crippen LogP contribution in [0.2, 0.25) is 0 Å². The van der Waals surface area contributed by atoms with E-state index < -0.39 is 6.04 Å². The number of phenolic OH excluding ortho intramolecular Hbond substituents is 1. The van der Waals surface area contributed by atoms with Crippen LogP contribution in [0, 0.1) is 0 Å². The van der Waals surface area contributed by atoms with Gasteiger partial charge >= 0.3 is 0 Å². The lowest BCUT2D eigenvalue weighted by atomic mass is 10.3. The molecule has 118 valence electrons. The fraction of sp³-hybridized carbons (Fsp3) is 0.286. The summed E-state index contributed by atoms with van der Waals surface area (Å²) in [7, 11) is 0. The number of hydrogen-bond acceptors (Lipinski definition) is 7. The molecule has 2 rings (SSSR count). The number of benzene rings is 1. The second kappa shape index (κ2) is 7.55. The third kappa shape index (κ3) is 4.55. The van der Waals surface area contributed by atoms with Crippen molar-refractivity contribution in [3.05, 3.63) is 46.4 Å². The summed E-state index contributed by atoms with van der Waals surface area (Å²) in [5, 5.41) is 33.2. The molecule has 0 aliphatic rings. The third-order valence-electron chi connectivity index (χ3n) is 2.92. The van der Waals surface area contributed by atoms with Crippen molar-refractivity contribution in [1.82, 2.24) is 15.3 Å². The number of aromatic nitrogens is 2. The molecule has 0 radical (unpaired) electrons. The standard InChI is InChI=1S/C14H18N4O4/c19-7-11(8-20)15-6-10-5-13(22)18-14(17-10)16-9-2-1-3-12(21)4-9/h1-5,11,15,19-21H,6-8H2,(H2,16,17,18,22). The van der Waals surface area contributed by atoms with Gasteiger partial charge in [-0.05, 0) is 12.1 Å². The molecule has 1 aromatic carbocycles. The quantitative estimate of drug-likeness (QED) is 0.412. The summed E-state index contributed by atoms with van der Waals surface area (Å²) in [4.78, 5) is 18.4. The number of nitrogens with zero attached hydrogens (tertiary/aromatic N) is 1. The summed E-state index contributed by atoms with van der Waals surface area (Å²) in [5.41, 5.74) is 0.703. The number of aromatic hydroxyl groups is 1. The van der Waals surface area contributed by atoms with Gasteiger partial charge in [-0.3, -0.25) is 9.78 Å². The Kier molecular flexibility index (Phi) is 5.48. The van der Waals surface area contributed by atoms with Gasteiger partial charge in [0, 0.05) is 24.4 Å². The van der Waals surface area contributed by atoms with Gasteiger partial charge in [-0.15, -0.1) is 0 Å². The number of aliphatic hydroxyl groups is 2. The van der Waals surface area contributed by atoms with Crippen molar-refractivity contribution in [2.24, 2.45) is 0 Å². The molecule has 1 heterocycles. The van der Waals surface area contributed by atoms with Gasteiger partial charge < -0.3 is 26.0 Å². The van der Waals surface area contributed by atoms with Crippen LogP contribution in [-0.4, -0.2) is 44.5 Å². The third-order valence-corrected chi connectivity index (χ3v) is 2.92. The normalized spacial score (nSPS) is 10.9. The molecule has 2 aromatic rings. The molecule has 0 aliphatic heterocycles. The first-order valence-corrected chi connectivity index (χ1v) is 6.72. The minimum Gasteiger partial charge on any atom is -0.508 e. The average Bonchev–Trinajstić information content (AvgIpc) is 2.48. The molecule has 8 nitrogen and oxygen atoms in total. The molecular formula is C14H18N4O4. The highest BCUT2D eigenvalue weighted by Gasteiger charge is 2.07. The summed E-state index contributed by atoms with van der Waals surface area (Å²) in [6, 6.07) is 7.27. The lowest BCUT2D eigenvalue weighted by Gasteiger charge is -2.13. The highest BCUT2D eigenvalue weighted by atomic mass is 16.3. The summed E-state index contributed by atoms with van der Waals surface area (Å²) < 4.78 is 0. The molecule has 0 saturated heterocycles. The van der Waals surface area contributed by atoms with E-state index in [0.29, 0.717) is 11.4 Å². The first-order valence-electron chi connectivity index (χ1n) is 6.72. The van der Waals surface area contributed by atoms with Gasteiger partial charge in [0.2, 0.25) is 5.95 Å². The topological polar surface area (TPSA) is 130 Å². The van der Waals surface area contributed by atoms with Crippen molar-refractivity contribution in [2.75, 3.05) is 18.5 Å². The largest absolute Gasteiger partial charge is 0.508 e. The van der Waals surface area contributed by atoms with E-state index in [1.54, 1.807) is 12.1 Å². The molecule has 0 aliphatic carbocycles. The molecule has 0 saturated carbocycles. The highest BCUT2D eigenvalue weighted by Crippen LogP contribution is 2.17. The summed E-state index contributed by atoms with van der Waals surface area (Å²) in [6.45, 7) is -0.202. The average molecular weight is 306 g/mol. The van der Waals surface area contributed by atoms with Gasteiger partial charge in [0.1, 0.15) is 5.75 Å². The molecule has 0 bridgehead atoms. The number of phenols is 1. The summed E-state index contributed by atoms with van der Waals surface area (Å²) >= 11 is 0. The second-order valence-corrected chi connectivity index (χ2v) is 4.70. The van der Waals surface area contributed by atoms with E-state index in [9.17, 15) is 9.90 Å². The van der Waals surface area contributed by atoms with Gasteiger partial charge in [-0.1, -0.05) is 6.07 Å². The summed E-state index contributed by atoms with van der Waals surface area (Å²) in [5.74, 6) is 0.332. The predicted molar refractivity (Wildman–Crippen MR) is 81.0 cm³/mol. The Hall–Kier alpha value is -2.42. The first kappa shape index (κ1) is 16.0. The first-order chi connectivity index (χ1) is 10.6. The Morgan fingerprint density at radius 1 is 1.23 bits per heavy atom. The van der Waals surface area contributed by atoms with Crippen molar-refractivity contribution in [3.8, 4) is 5.75 Å². The second-order valence-electron chi connectivity index (χ2n) is 4.70. The van der Waals surface area contributed by atoms with Crippen LogP contribution in [0.3, 0.4) is 0 Å². The SMILES string of the molecule is O=c1cc(CNC(CO)CO)nc(Nc2cccc(O)c2)[nH]1. The lowest BCUT2D eigenvalue weighted by Crippen LogP contribution is -2.35. The van der Waals surface area contributed by atoms with Gasteiger partial charge in [-0.2, -0.15) is 0 Å². The van der Waals surface area contributed by atoms with Crippen molar-refractivity contribution < 1.29 is 15.3 Å². The Morgan fingerprint density at radius 3 is 2.68 bits per heavy atom. The maximum atomic E-state index is 11.6. The molecule has 0 atom stereocenters. The van der Waals surface area contributed by atoms with E-state index in [1.807, 2.05) is 0 Å². The highest BCUT2D eigenvalue weighted by molar-refractivity contribution is 5.55. The number of aliphatic hydroxyl groups excluding tert-OH is 2. The molecular weight excluding hydrogens is 288 g/mol. The van der Waals surface area contributed by atoms with Gasteiger partial charge in [0.25, 0.3) is 5.56 Å². The van der Waals surface area contributed by atoms with E-state index in [-0.39, 0.29) is 37.0 Å². The molecule has 0 unspecified atom stereocenters. The van der Waals surface area contributed by atoms with E-state index >= 15 is 0 Å². The zero-order valence-electron chi connectivity index (χ0n) is 11.8. The number of H-pyrrole nitrogens is 1. The summed E-state index contributed by atoms with van der Waals surface area (Å²) in [6.07, 6.45) is 0. The number of nitrogens with one attached hydrogen (secondary N) is 3. The molecule has 22 heavy (non-hydrogen) atoms. The number of hydrogen-bond donors (Lipinski definition) is 6. The molecule has 0 amide bonds. The molecule has 6 N–H and O–H groups in total. The van der Waals surface area contributed by atoms with Gasteiger partial charge in [0.05, 0.1) is 24.9 Å². The zero-order chi connectivity index (χ0) is 15.9. The van der Waals surface area contributed by atoms with E-state index in [4.69, 9.17) is 10.2 Å². The maximum absolute atomic E-state index is 11.6. The van der Waals surface area contributed by atoms with Gasteiger partial charge in [0.15, 0.2) is 0 Å². The Balaban J connectivity index is 2.11. The van der Waals surface area contributed by atoms with Crippen molar-refractivity contribution in [1.29, 1.82) is 0 Å². The smallest absolute Gasteiger partial charge is 0.252 e. The zero-order valence-corrected chi connectivity index (χ0v) is 11.8. The minimum absolute atomic E-state index is 0.0962. The van der Waals surface area contributed by atoms with Gasteiger partial charge in [-0.25, -0.2) is 4.98 Å². The van der Waals surface area contributed by atoms with E-state index in [2.05, 4.69) is 20.6 Å². The molecule has 8 heteroatoms. The van der Waals surface area contributed by atoms with Crippen molar-refractivity contribution >= 4 is 11.6 Å². The lowest BCUT2D eigenvalue weighted by molar-refractivity contribution is 0.170. The predicted octanol–water partition coefficient (Wildman–Crippen LogP) is -0.338. The molecule has 1 aromatic heterocycles. The van der Waals surface area contributed by atoms with Crippen LogP contribution in [0.4, 0.5) is 11.6 Å². The van der Waals surface area contributed by atoms with Crippen LogP contribution in [0.25, 0.3) is 0 Å². The van der Waals surface area contributed by atoms with Crippen LogP contribution < -0.4 is 16.2 Å².